The molecule has 0 saturated heterocycles. The Morgan fingerprint density at radius 3 is 2.28 bits per heavy atom. The lowest BCUT2D eigenvalue weighted by Gasteiger charge is -2.34. The van der Waals surface area contributed by atoms with Crippen molar-refractivity contribution in [3.8, 4) is 0 Å². The number of benzene rings is 3. The molecule has 0 bridgehead atoms. The van der Waals surface area contributed by atoms with Gasteiger partial charge >= 0.3 is 0 Å². The highest BCUT2D eigenvalue weighted by atomic mass is 35.5. The second-order valence-electron chi connectivity index (χ2n) is 8.53. The van der Waals surface area contributed by atoms with Gasteiger partial charge in [-0.15, -0.1) is 0 Å². The van der Waals surface area contributed by atoms with E-state index < -0.39 is 6.04 Å². The maximum atomic E-state index is 14.1. The van der Waals surface area contributed by atoms with Crippen LogP contribution in [0.15, 0.2) is 84.0 Å². The Morgan fingerprint density at radius 1 is 0.972 bits per heavy atom. The summed E-state index contributed by atoms with van der Waals surface area (Å²) in [4.78, 5) is 32.9. The predicted octanol–water partition coefficient (Wildman–Crippen LogP) is 7.20. The summed E-state index contributed by atoms with van der Waals surface area (Å²) < 4.78 is 0. The lowest BCUT2D eigenvalue weighted by atomic mass is 10.0. The zero-order valence-corrected chi connectivity index (χ0v) is 21.3. The van der Waals surface area contributed by atoms with Gasteiger partial charge in [0.2, 0.25) is 5.91 Å². The van der Waals surface area contributed by atoms with Crippen molar-refractivity contribution in [3.05, 3.63) is 111 Å². The standard InChI is InChI=1S/C28H30ClN5O2/c1-3-4-18-34(21(2)35)28(36)27(23-14-16-25(29)17-15-23)33(19-22-10-6-5-7-11-22)20-24-12-8-9-13-26(24)31-32-30/h5-17,27H,3-4,18-20H2,1-2H3. The Kier molecular flexibility index (Phi) is 10.1. The zero-order chi connectivity index (χ0) is 25.9. The highest BCUT2D eigenvalue weighted by Crippen LogP contribution is 2.31. The summed E-state index contributed by atoms with van der Waals surface area (Å²) in [6.45, 7) is 4.55. The number of carbonyl (C=O) groups is 2. The third kappa shape index (κ3) is 7.18. The van der Waals surface area contributed by atoms with Crippen LogP contribution in [0.5, 0.6) is 0 Å². The third-order valence-electron chi connectivity index (χ3n) is 5.91. The van der Waals surface area contributed by atoms with E-state index in [9.17, 15) is 9.59 Å². The van der Waals surface area contributed by atoms with E-state index >= 15 is 0 Å². The number of carbonyl (C=O) groups excluding carboxylic acids is 2. The van der Waals surface area contributed by atoms with Crippen molar-refractivity contribution in [1.29, 1.82) is 0 Å². The summed E-state index contributed by atoms with van der Waals surface area (Å²) in [6.07, 6.45) is 1.58. The molecule has 7 nitrogen and oxygen atoms in total. The van der Waals surface area contributed by atoms with Crippen molar-refractivity contribution in [2.24, 2.45) is 5.11 Å². The van der Waals surface area contributed by atoms with Gasteiger partial charge in [0.15, 0.2) is 0 Å². The fraction of sp³-hybridized carbons (Fsp3) is 0.286. The van der Waals surface area contributed by atoms with Gasteiger partial charge in [0.05, 0.1) is 0 Å². The first-order valence-corrected chi connectivity index (χ1v) is 12.3. The molecule has 0 aliphatic heterocycles. The molecule has 1 atom stereocenters. The molecule has 0 N–H and O–H groups in total. The van der Waals surface area contributed by atoms with E-state index in [-0.39, 0.29) is 11.8 Å². The number of hydrogen-bond acceptors (Lipinski definition) is 4. The van der Waals surface area contributed by atoms with Crippen molar-refractivity contribution in [2.45, 2.75) is 45.8 Å². The maximum Gasteiger partial charge on any atom is 0.251 e. The molecule has 2 amide bonds. The van der Waals surface area contributed by atoms with Crippen LogP contribution in [0.4, 0.5) is 5.69 Å². The van der Waals surface area contributed by atoms with Crippen LogP contribution in [-0.4, -0.2) is 28.2 Å². The van der Waals surface area contributed by atoms with Crippen LogP contribution in [0.2, 0.25) is 5.02 Å². The topological polar surface area (TPSA) is 89.4 Å². The van der Waals surface area contributed by atoms with E-state index in [2.05, 4.69) is 10.0 Å². The normalized spacial score (nSPS) is 11.6. The number of hydrogen-bond donors (Lipinski definition) is 0. The first-order chi connectivity index (χ1) is 17.4. The molecule has 1 unspecified atom stereocenters. The number of azide groups is 1. The van der Waals surface area contributed by atoms with Gasteiger partial charge in [-0.05, 0) is 40.8 Å². The second-order valence-corrected chi connectivity index (χ2v) is 8.96. The Bertz CT molecular complexity index is 1210. The van der Waals surface area contributed by atoms with E-state index in [0.717, 1.165) is 29.5 Å². The number of unbranched alkanes of at least 4 members (excludes halogenated alkanes) is 1. The second kappa shape index (κ2) is 13.4. The number of nitrogens with zero attached hydrogens (tertiary/aromatic N) is 5. The molecule has 0 saturated carbocycles. The lowest BCUT2D eigenvalue weighted by molar-refractivity contribution is -0.148. The molecular formula is C28H30ClN5O2. The predicted molar refractivity (Wildman–Crippen MR) is 142 cm³/mol. The molecule has 3 rings (SSSR count). The molecular weight excluding hydrogens is 474 g/mol. The molecule has 0 heterocycles. The van der Waals surface area contributed by atoms with Crippen molar-refractivity contribution >= 4 is 29.1 Å². The van der Waals surface area contributed by atoms with Gasteiger partial charge in [0, 0.05) is 42.2 Å². The molecule has 0 aliphatic rings. The SMILES string of the molecule is CCCCN(C(C)=O)C(=O)C(c1ccc(Cl)cc1)N(Cc1ccccc1)Cc1ccccc1N=[N+]=[N-]. The Labute approximate surface area is 216 Å². The van der Waals surface area contributed by atoms with Gasteiger partial charge in [-0.1, -0.05) is 96.8 Å². The molecule has 0 aromatic heterocycles. The first kappa shape index (κ1) is 27.0. The van der Waals surface area contributed by atoms with Crippen molar-refractivity contribution in [1.82, 2.24) is 9.80 Å². The van der Waals surface area contributed by atoms with E-state index in [1.807, 2.05) is 66.4 Å². The summed E-state index contributed by atoms with van der Waals surface area (Å²) in [5.41, 5.74) is 12.1. The molecule has 0 radical (unpaired) electrons. The molecule has 3 aromatic rings. The number of imide groups is 1. The van der Waals surface area contributed by atoms with Crippen LogP contribution in [0.25, 0.3) is 10.4 Å². The number of rotatable bonds is 11. The fourth-order valence-corrected chi connectivity index (χ4v) is 4.23. The highest BCUT2D eigenvalue weighted by Gasteiger charge is 2.33. The van der Waals surface area contributed by atoms with Gasteiger partial charge in [-0.25, -0.2) is 0 Å². The summed E-state index contributed by atoms with van der Waals surface area (Å²) in [5, 5.41) is 4.40. The summed E-state index contributed by atoms with van der Waals surface area (Å²) >= 11 is 6.16. The zero-order valence-electron chi connectivity index (χ0n) is 20.5. The van der Waals surface area contributed by atoms with E-state index in [4.69, 9.17) is 17.1 Å². The first-order valence-electron chi connectivity index (χ1n) is 11.9. The van der Waals surface area contributed by atoms with Gasteiger partial charge < -0.3 is 0 Å². The smallest absolute Gasteiger partial charge is 0.251 e. The summed E-state index contributed by atoms with van der Waals surface area (Å²) in [7, 11) is 0. The van der Waals surface area contributed by atoms with Crippen LogP contribution in [0, 0.1) is 0 Å². The van der Waals surface area contributed by atoms with Crippen molar-refractivity contribution in [3.63, 3.8) is 0 Å². The minimum Gasteiger partial charge on any atom is -0.281 e. The average Bonchev–Trinajstić information content (AvgIpc) is 2.87. The van der Waals surface area contributed by atoms with Gasteiger partial charge in [-0.2, -0.15) is 0 Å². The molecule has 36 heavy (non-hydrogen) atoms. The van der Waals surface area contributed by atoms with Crippen LogP contribution >= 0.6 is 11.6 Å². The Morgan fingerprint density at radius 2 is 1.64 bits per heavy atom. The molecule has 8 heteroatoms. The molecule has 3 aromatic carbocycles. The minimum absolute atomic E-state index is 0.290. The van der Waals surface area contributed by atoms with Crippen molar-refractivity contribution < 1.29 is 9.59 Å². The van der Waals surface area contributed by atoms with Gasteiger partial charge in [0.1, 0.15) is 6.04 Å². The molecule has 186 valence electrons. The Balaban J connectivity index is 2.13. The summed E-state index contributed by atoms with van der Waals surface area (Å²) in [5.74, 6) is -0.586. The maximum absolute atomic E-state index is 14.1. The minimum atomic E-state index is -0.762. The highest BCUT2D eigenvalue weighted by molar-refractivity contribution is 6.30. The van der Waals surface area contributed by atoms with E-state index in [1.54, 1.807) is 24.3 Å². The average molecular weight is 504 g/mol. The lowest BCUT2D eigenvalue weighted by Crippen LogP contribution is -2.45. The van der Waals surface area contributed by atoms with Crippen LogP contribution < -0.4 is 0 Å². The van der Waals surface area contributed by atoms with Gasteiger partial charge in [0.25, 0.3) is 5.91 Å². The number of halogens is 1. The quantitative estimate of drug-likeness (QED) is 0.157. The Hall–Kier alpha value is -3.64. The summed E-state index contributed by atoms with van der Waals surface area (Å²) in [6, 6.07) is 23.5. The number of amides is 2. The molecule has 0 fully saturated rings. The van der Waals surface area contributed by atoms with E-state index in [1.165, 1.54) is 11.8 Å². The van der Waals surface area contributed by atoms with Crippen LogP contribution in [0.1, 0.15) is 49.4 Å². The van der Waals surface area contributed by atoms with E-state index in [0.29, 0.717) is 30.3 Å². The fourth-order valence-electron chi connectivity index (χ4n) is 4.11. The monoisotopic (exact) mass is 503 g/mol. The molecule has 0 spiro atoms. The van der Waals surface area contributed by atoms with Gasteiger partial charge in [-0.3, -0.25) is 19.4 Å². The third-order valence-corrected chi connectivity index (χ3v) is 6.16. The molecule has 0 aliphatic carbocycles. The largest absolute Gasteiger partial charge is 0.281 e. The van der Waals surface area contributed by atoms with Crippen molar-refractivity contribution in [2.75, 3.05) is 6.54 Å². The van der Waals surface area contributed by atoms with Crippen LogP contribution in [0.3, 0.4) is 0 Å². The van der Waals surface area contributed by atoms with Crippen LogP contribution in [-0.2, 0) is 22.7 Å².